The van der Waals surface area contributed by atoms with Gasteiger partial charge in [-0.15, -0.1) is 0 Å². The predicted octanol–water partition coefficient (Wildman–Crippen LogP) is 1.93. The summed E-state index contributed by atoms with van der Waals surface area (Å²) in [5, 5.41) is 23.7. The molecule has 0 aliphatic carbocycles. The number of hydrogen-bond donors (Lipinski definition) is 2. The maximum atomic E-state index is 13.3. The van der Waals surface area contributed by atoms with Gasteiger partial charge in [0, 0.05) is 24.4 Å². The van der Waals surface area contributed by atoms with Crippen molar-refractivity contribution in [2.24, 2.45) is 0 Å². The Morgan fingerprint density at radius 2 is 2.04 bits per heavy atom. The number of β-amino-alcohol motifs (C(OH)–C–C–N with tert-alkyl or cyclic N) is 1. The Balaban J connectivity index is 1.54. The second-order valence-corrected chi connectivity index (χ2v) is 6.35. The van der Waals surface area contributed by atoms with Gasteiger partial charge >= 0.3 is 0 Å². The Morgan fingerprint density at radius 3 is 2.75 bits per heavy atom. The number of aliphatic hydroxyl groups is 2. The second-order valence-electron chi connectivity index (χ2n) is 6.35. The fourth-order valence-electron chi connectivity index (χ4n) is 3.45. The number of likely N-dealkylation sites (tertiary alicyclic amines) is 1. The van der Waals surface area contributed by atoms with Crippen molar-refractivity contribution in [2.45, 2.75) is 31.4 Å². The number of aliphatic hydroxyl groups excluding tert-OH is 2. The second kappa shape index (κ2) is 7.88. The highest BCUT2D eigenvalue weighted by atomic mass is 19.1. The molecule has 2 aromatic rings. The molecular weight excluding hydrogens is 309 g/mol. The van der Waals surface area contributed by atoms with Gasteiger partial charge in [0.15, 0.2) is 0 Å². The van der Waals surface area contributed by atoms with Gasteiger partial charge in [-0.3, -0.25) is 4.68 Å². The highest BCUT2D eigenvalue weighted by molar-refractivity contribution is 5.19. The first-order valence-electron chi connectivity index (χ1n) is 8.46. The van der Waals surface area contributed by atoms with Gasteiger partial charge in [-0.1, -0.05) is 12.1 Å². The van der Waals surface area contributed by atoms with Gasteiger partial charge in [-0.2, -0.15) is 5.10 Å². The minimum absolute atomic E-state index is 0.0906. The van der Waals surface area contributed by atoms with Crippen molar-refractivity contribution in [2.75, 3.05) is 26.2 Å². The molecule has 3 rings (SSSR count). The third kappa shape index (κ3) is 4.01. The first kappa shape index (κ1) is 17.1. The van der Waals surface area contributed by atoms with Gasteiger partial charge in [0.1, 0.15) is 5.82 Å². The minimum atomic E-state index is -0.669. The summed E-state index contributed by atoms with van der Waals surface area (Å²) < 4.78 is 15.1. The summed E-state index contributed by atoms with van der Waals surface area (Å²) in [4.78, 5) is 2.22. The maximum absolute atomic E-state index is 13.3. The van der Waals surface area contributed by atoms with Crippen molar-refractivity contribution in [3.8, 4) is 0 Å². The predicted molar refractivity (Wildman–Crippen MR) is 89.1 cm³/mol. The molecule has 1 aromatic carbocycles. The first-order chi connectivity index (χ1) is 11.7. The number of halogens is 1. The molecule has 0 radical (unpaired) electrons. The van der Waals surface area contributed by atoms with Crippen molar-refractivity contribution in [1.29, 1.82) is 0 Å². The Labute approximate surface area is 141 Å². The zero-order valence-electron chi connectivity index (χ0n) is 13.7. The molecule has 1 atom stereocenters. The fraction of sp³-hybridized carbons (Fsp3) is 0.500. The van der Waals surface area contributed by atoms with E-state index in [1.54, 1.807) is 18.3 Å². The van der Waals surface area contributed by atoms with Crippen LogP contribution in [0.2, 0.25) is 0 Å². The summed E-state index contributed by atoms with van der Waals surface area (Å²) in [5.74, 6) is 0.115. The van der Waals surface area contributed by atoms with E-state index in [2.05, 4.69) is 10.00 Å². The fourth-order valence-corrected chi connectivity index (χ4v) is 3.45. The van der Waals surface area contributed by atoms with E-state index >= 15 is 0 Å². The van der Waals surface area contributed by atoms with E-state index in [-0.39, 0.29) is 12.4 Å². The molecule has 24 heavy (non-hydrogen) atoms. The monoisotopic (exact) mass is 333 g/mol. The Hall–Kier alpha value is -1.76. The average Bonchev–Trinajstić information content (AvgIpc) is 3.04. The van der Waals surface area contributed by atoms with Crippen LogP contribution in [0.4, 0.5) is 4.39 Å². The van der Waals surface area contributed by atoms with Crippen LogP contribution in [-0.4, -0.2) is 51.1 Å². The highest BCUT2D eigenvalue weighted by Gasteiger charge is 2.24. The van der Waals surface area contributed by atoms with Gasteiger partial charge in [0.05, 0.1) is 19.3 Å². The van der Waals surface area contributed by atoms with Crippen LogP contribution < -0.4 is 0 Å². The molecule has 130 valence electrons. The highest BCUT2D eigenvalue weighted by Crippen LogP contribution is 2.28. The molecule has 0 spiro atoms. The zero-order valence-corrected chi connectivity index (χ0v) is 13.7. The van der Waals surface area contributed by atoms with Gasteiger partial charge in [-0.05, 0) is 49.7 Å². The molecule has 1 fully saturated rings. The van der Waals surface area contributed by atoms with Crippen LogP contribution in [0.3, 0.4) is 0 Å². The van der Waals surface area contributed by atoms with Gasteiger partial charge in [0.25, 0.3) is 0 Å². The van der Waals surface area contributed by atoms with Gasteiger partial charge in [-0.25, -0.2) is 4.39 Å². The first-order valence-corrected chi connectivity index (χ1v) is 8.46. The molecule has 1 aromatic heterocycles. The summed E-state index contributed by atoms with van der Waals surface area (Å²) in [6.07, 6.45) is 3.10. The Kier molecular flexibility index (Phi) is 5.60. The Morgan fingerprint density at radius 1 is 1.25 bits per heavy atom. The molecule has 0 saturated carbocycles. The number of hydrogen-bond acceptors (Lipinski definition) is 4. The molecule has 5 nitrogen and oxygen atoms in total. The number of benzene rings is 1. The van der Waals surface area contributed by atoms with Crippen molar-refractivity contribution < 1.29 is 14.6 Å². The van der Waals surface area contributed by atoms with E-state index in [1.165, 1.54) is 17.8 Å². The lowest BCUT2D eigenvalue weighted by Gasteiger charge is -2.33. The maximum Gasteiger partial charge on any atom is 0.123 e. The molecule has 2 heterocycles. The van der Waals surface area contributed by atoms with Crippen molar-refractivity contribution in [3.63, 3.8) is 0 Å². The van der Waals surface area contributed by atoms with Gasteiger partial charge < -0.3 is 15.1 Å². The largest absolute Gasteiger partial charge is 0.394 e. The number of rotatable bonds is 6. The summed E-state index contributed by atoms with van der Waals surface area (Å²) in [5.41, 5.74) is 1.80. The van der Waals surface area contributed by atoms with E-state index in [0.29, 0.717) is 24.6 Å². The normalized spacial score (nSPS) is 18.0. The topological polar surface area (TPSA) is 61.5 Å². The molecule has 1 saturated heterocycles. The third-order valence-corrected chi connectivity index (χ3v) is 4.73. The quantitative estimate of drug-likeness (QED) is 0.848. The smallest absolute Gasteiger partial charge is 0.123 e. The van der Waals surface area contributed by atoms with E-state index < -0.39 is 6.10 Å². The van der Waals surface area contributed by atoms with Crippen LogP contribution in [0.5, 0.6) is 0 Å². The van der Waals surface area contributed by atoms with Crippen molar-refractivity contribution in [1.82, 2.24) is 14.7 Å². The van der Waals surface area contributed by atoms with Crippen LogP contribution in [0.25, 0.3) is 0 Å². The zero-order chi connectivity index (χ0) is 16.9. The van der Waals surface area contributed by atoms with Crippen molar-refractivity contribution in [3.05, 3.63) is 53.6 Å². The number of aromatic nitrogens is 2. The Bertz CT molecular complexity index is 653. The summed E-state index contributed by atoms with van der Waals surface area (Å²) in [6.45, 7) is 2.92. The van der Waals surface area contributed by atoms with E-state index in [1.807, 2.05) is 10.7 Å². The number of piperidine rings is 1. The lowest BCUT2D eigenvalue weighted by Crippen LogP contribution is -2.36. The average molecular weight is 333 g/mol. The van der Waals surface area contributed by atoms with E-state index in [9.17, 15) is 9.50 Å². The lowest BCUT2D eigenvalue weighted by molar-refractivity contribution is 0.0961. The third-order valence-electron chi connectivity index (χ3n) is 4.73. The molecular formula is C18H24FN3O2. The lowest BCUT2D eigenvalue weighted by atomic mass is 9.93. The van der Waals surface area contributed by atoms with Gasteiger partial charge in [0.2, 0.25) is 0 Å². The molecule has 1 aliphatic heterocycles. The van der Waals surface area contributed by atoms with E-state index in [4.69, 9.17) is 5.11 Å². The van der Waals surface area contributed by atoms with Crippen LogP contribution in [-0.2, 0) is 6.54 Å². The van der Waals surface area contributed by atoms with Crippen LogP contribution in [0, 0.1) is 5.82 Å². The summed E-state index contributed by atoms with van der Waals surface area (Å²) >= 11 is 0. The standard InChI is InChI=1S/C18H24FN3O2/c19-16-3-1-2-15(12-16)18(24)13-21-8-5-14(6-9-21)17-4-7-20-22(17)10-11-23/h1-4,7,12,14,18,23-24H,5-6,8-11,13H2/t18-/m1/s1. The minimum Gasteiger partial charge on any atom is -0.394 e. The molecule has 0 bridgehead atoms. The van der Waals surface area contributed by atoms with Crippen LogP contribution >= 0.6 is 0 Å². The molecule has 1 aliphatic rings. The van der Waals surface area contributed by atoms with Crippen molar-refractivity contribution >= 4 is 0 Å². The molecule has 2 N–H and O–H groups in total. The van der Waals surface area contributed by atoms with Crippen LogP contribution in [0.15, 0.2) is 36.5 Å². The number of nitrogens with zero attached hydrogens (tertiary/aromatic N) is 3. The summed E-state index contributed by atoms with van der Waals surface area (Å²) in [6, 6.07) is 8.19. The van der Waals surface area contributed by atoms with E-state index in [0.717, 1.165) is 25.9 Å². The molecule has 0 unspecified atom stereocenters. The van der Waals surface area contributed by atoms with Crippen LogP contribution in [0.1, 0.15) is 36.1 Å². The SMILES string of the molecule is OCCn1nccc1C1CCN(C[C@@H](O)c2cccc(F)c2)CC1. The molecule has 0 amide bonds. The summed E-state index contributed by atoms with van der Waals surface area (Å²) in [7, 11) is 0. The molecule has 6 heteroatoms.